The number of aryl methyl sites for hydroxylation is 1. The molecule has 0 aromatic carbocycles. The van der Waals surface area contributed by atoms with Crippen molar-refractivity contribution in [2.45, 2.75) is 37.9 Å². The summed E-state index contributed by atoms with van der Waals surface area (Å²) in [7, 11) is 0. The Labute approximate surface area is 205 Å². The lowest BCUT2D eigenvalue weighted by atomic mass is 10.2. The molecule has 1 amide bonds. The third-order valence-corrected chi connectivity index (χ3v) is 7.07. The van der Waals surface area contributed by atoms with E-state index in [1.807, 2.05) is 19.1 Å². The molecule has 5 heterocycles. The van der Waals surface area contributed by atoms with Crippen LogP contribution in [0, 0.1) is 6.92 Å². The van der Waals surface area contributed by atoms with E-state index in [9.17, 15) is 18.0 Å². The Morgan fingerprint density at radius 2 is 2.08 bits per heavy atom. The molecule has 5 aromatic rings. The summed E-state index contributed by atoms with van der Waals surface area (Å²) in [6, 6.07) is 5.37. The van der Waals surface area contributed by atoms with Gasteiger partial charge in [-0.2, -0.15) is 18.3 Å². The third-order valence-electron chi connectivity index (χ3n) is 6.04. The largest absolute Gasteiger partial charge is 0.394 e. The number of thiophene rings is 1. The van der Waals surface area contributed by atoms with Crippen LogP contribution in [0.15, 0.2) is 43.1 Å². The number of amides is 1. The standard InChI is InChI=1S/C22H18F3N9OS/c1-12-2-3-17(36-12)16-9-26-18-15(34-14(8-28-32-34)7-22(23,24)25)6-13(10-33(16)18)19(35)30-21(4-5-21)20-27-11-29-31-20/h2-3,6,8-11H,4-5,7H2,1H3,(H,30,35)(H,27,29,31). The van der Waals surface area contributed by atoms with Crippen LogP contribution < -0.4 is 5.32 Å². The summed E-state index contributed by atoms with van der Waals surface area (Å²) >= 11 is 1.54. The summed E-state index contributed by atoms with van der Waals surface area (Å²) in [5.74, 6) is 0.143. The number of rotatable bonds is 6. The maximum Gasteiger partial charge on any atom is 0.394 e. The average molecular weight is 514 g/mol. The molecular weight excluding hydrogens is 495 g/mol. The molecule has 1 aliphatic carbocycles. The van der Waals surface area contributed by atoms with Crippen LogP contribution in [-0.4, -0.2) is 51.6 Å². The lowest BCUT2D eigenvalue weighted by Gasteiger charge is -2.16. The number of halogens is 3. The summed E-state index contributed by atoms with van der Waals surface area (Å²) in [4.78, 5) is 24.0. The van der Waals surface area contributed by atoms with Gasteiger partial charge in [-0.3, -0.25) is 14.3 Å². The van der Waals surface area contributed by atoms with Crippen LogP contribution >= 0.6 is 11.3 Å². The Morgan fingerprint density at radius 1 is 1.25 bits per heavy atom. The Balaban J connectivity index is 1.49. The Morgan fingerprint density at radius 3 is 2.75 bits per heavy atom. The second-order valence-corrected chi connectivity index (χ2v) is 9.95. The molecule has 0 atom stereocenters. The van der Waals surface area contributed by atoms with Crippen molar-refractivity contribution in [3.63, 3.8) is 0 Å². The number of hydrogen-bond acceptors (Lipinski definition) is 7. The predicted molar refractivity (Wildman–Crippen MR) is 123 cm³/mol. The molecule has 5 aromatic heterocycles. The first kappa shape index (κ1) is 22.4. The normalized spacial score (nSPS) is 14.9. The zero-order valence-corrected chi connectivity index (χ0v) is 19.6. The topological polar surface area (TPSA) is 119 Å². The Hall–Kier alpha value is -4.07. The molecular formula is C22H18F3N9OS. The lowest BCUT2D eigenvalue weighted by molar-refractivity contribution is -0.128. The van der Waals surface area contributed by atoms with Crippen LogP contribution in [0.5, 0.6) is 0 Å². The number of nitrogens with zero attached hydrogens (tertiary/aromatic N) is 7. The van der Waals surface area contributed by atoms with Crippen molar-refractivity contribution in [3.05, 3.63) is 65.1 Å². The smallest absolute Gasteiger partial charge is 0.339 e. The molecule has 0 spiro atoms. The zero-order valence-electron chi connectivity index (χ0n) is 18.7. The molecule has 10 nitrogen and oxygen atoms in total. The Kier molecular flexibility index (Phi) is 4.96. The molecule has 36 heavy (non-hydrogen) atoms. The summed E-state index contributed by atoms with van der Waals surface area (Å²) in [6.45, 7) is 1.97. The number of alkyl halides is 3. The monoisotopic (exact) mass is 513 g/mol. The van der Waals surface area contributed by atoms with Gasteiger partial charge in [-0.25, -0.2) is 14.6 Å². The highest BCUT2D eigenvalue weighted by Crippen LogP contribution is 2.43. The first-order valence-electron chi connectivity index (χ1n) is 11.0. The van der Waals surface area contributed by atoms with Gasteiger partial charge in [-0.1, -0.05) is 5.21 Å². The molecule has 1 saturated carbocycles. The van der Waals surface area contributed by atoms with Gasteiger partial charge in [-0.05, 0) is 38.0 Å². The lowest BCUT2D eigenvalue weighted by Crippen LogP contribution is -2.36. The van der Waals surface area contributed by atoms with Gasteiger partial charge in [0.1, 0.15) is 17.8 Å². The first-order valence-corrected chi connectivity index (χ1v) is 11.8. The summed E-state index contributed by atoms with van der Waals surface area (Å²) in [6.07, 6.45) is 1.38. The maximum atomic E-state index is 13.4. The first-order chi connectivity index (χ1) is 17.2. The van der Waals surface area contributed by atoms with E-state index in [0.717, 1.165) is 20.6 Å². The van der Waals surface area contributed by atoms with E-state index in [1.165, 1.54) is 12.4 Å². The van der Waals surface area contributed by atoms with Crippen LogP contribution in [0.4, 0.5) is 13.2 Å². The SMILES string of the molecule is Cc1ccc(-c2cnc3c(-n4nncc4CC(F)(F)F)cc(C(=O)NC4(c5ncn[nH]5)CC4)cn23)s1. The van der Waals surface area contributed by atoms with Crippen LogP contribution in [0.1, 0.15) is 39.6 Å². The van der Waals surface area contributed by atoms with Crippen molar-refractivity contribution in [2.75, 3.05) is 0 Å². The molecule has 14 heteroatoms. The Bertz CT molecular complexity index is 1580. The van der Waals surface area contributed by atoms with Gasteiger partial charge in [0.05, 0.1) is 46.2 Å². The van der Waals surface area contributed by atoms with Gasteiger partial charge in [-0.15, -0.1) is 16.4 Å². The van der Waals surface area contributed by atoms with E-state index >= 15 is 0 Å². The number of carbonyl (C=O) groups excluding carboxylic acids is 1. The maximum absolute atomic E-state index is 13.4. The number of aromatic nitrogens is 8. The molecule has 1 fully saturated rings. The van der Waals surface area contributed by atoms with Gasteiger partial charge < -0.3 is 5.32 Å². The van der Waals surface area contributed by atoms with Crippen molar-refractivity contribution in [1.82, 2.24) is 44.9 Å². The summed E-state index contributed by atoms with van der Waals surface area (Å²) in [5, 5.41) is 17.3. The van der Waals surface area contributed by atoms with E-state index in [-0.39, 0.29) is 16.9 Å². The fourth-order valence-electron chi connectivity index (χ4n) is 4.16. The van der Waals surface area contributed by atoms with Crippen molar-refractivity contribution in [1.29, 1.82) is 0 Å². The highest BCUT2D eigenvalue weighted by atomic mass is 32.1. The third kappa shape index (κ3) is 3.92. The van der Waals surface area contributed by atoms with Crippen molar-refractivity contribution in [2.24, 2.45) is 0 Å². The molecule has 2 N–H and O–H groups in total. The van der Waals surface area contributed by atoms with Crippen LogP contribution in [0.25, 0.3) is 21.9 Å². The second-order valence-electron chi connectivity index (χ2n) is 8.66. The van der Waals surface area contributed by atoms with Crippen molar-refractivity contribution in [3.8, 4) is 16.3 Å². The fourth-order valence-corrected chi connectivity index (χ4v) is 5.04. The number of fused-ring (bicyclic) bond motifs is 1. The summed E-state index contributed by atoms with van der Waals surface area (Å²) < 4.78 is 42.5. The van der Waals surface area contributed by atoms with E-state index in [2.05, 4.69) is 35.8 Å². The highest BCUT2D eigenvalue weighted by Gasteiger charge is 2.48. The summed E-state index contributed by atoms with van der Waals surface area (Å²) in [5.41, 5.74) is 0.664. The minimum atomic E-state index is -4.46. The van der Waals surface area contributed by atoms with E-state index in [1.54, 1.807) is 28.1 Å². The molecule has 0 bridgehead atoms. The van der Waals surface area contributed by atoms with Gasteiger partial charge in [0.2, 0.25) is 0 Å². The molecule has 184 valence electrons. The number of hydrogen-bond donors (Lipinski definition) is 2. The van der Waals surface area contributed by atoms with Crippen molar-refractivity contribution >= 4 is 22.9 Å². The molecule has 0 unspecified atom stereocenters. The van der Waals surface area contributed by atoms with Crippen molar-refractivity contribution < 1.29 is 18.0 Å². The van der Waals surface area contributed by atoms with Crippen LogP contribution in [0.3, 0.4) is 0 Å². The van der Waals surface area contributed by atoms with Gasteiger partial charge in [0.25, 0.3) is 5.91 Å². The number of nitrogens with one attached hydrogen (secondary N) is 2. The van der Waals surface area contributed by atoms with Gasteiger partial charge >= 0.3 is 6.18 Å². The average Bonchev–Trinajstić information content (AvgIpc) is 3.36. The molecule has 0 radical (unpaired) electrons. The number of imidazole rings is 1. The van der Waals surface area contributed by atoms with Gasteiger partial charge in [0, 0.05) is 11.1 Å². The fraction of sp³-hybridized carbons (Fsp3) is 0.273. The number of pyridine rings is 1. The van der Waals surface area contributed by atoms with Gasteiger partial charge in [0.15, 0.2) is 5.65 Å². The molecule has 0 aliphatic heterocycles. The van der Waals surface area contributed by atoms with E-state index in [0.29, 0.717) is 30.0 Å². The van der Waals surface area contributed by atoms with Crippen LogP contribution in [0.2, 0.25) is 0 Å². The number of carbonyl (C=O) groups is 1. The molecule has 1 aliphatic rings. The quantitative estimate of drug-likeness (QED) is 0.358. The van der Waals surface area contributed by atoms with E-state index < -0.39 is 24.0 Å². The molecule has 0 saturated heterocycles. The highest BCUT2D eigenvalue weighted by molar-refractivity contribution is 7.15. The number of aromatic amines is 1. The van der Waals surface area contributed by atoms with E-state index in [4.69, 9.17) is 0 Å². The van der Waals surface area contributed by atoms with Crippen LogP contribution in [-0.2, 0) is 12.0 Å². The predicted octanol–water partition coefficient (Wildman–Crippen LogP) is 3.59. The zero-order chi connectivity index (χ0) is 25.1. The molecule has 6 rings (SSSR count). The number of H-pyrrole nitrogens is 1. The minimum absolute atomic E-state index is 0.168. The second kappa shape index (κ2) is 7.98. The minimum Gasteiger partial charge on any atom is -0.339 e.